The number of unbranched alkanes of at least 4 members (excludes halogenated alkanes) is 11. The SMILES string of the molecule is CCCCCCCCCCCCCCN[C@@H](CS)C(=O)N[C@@H](CCCN)C(=O)O. The smallest absolute Gasteiger partial charge is 0.326 e. The summed E-state index contributed by atoms with van der Waals surface area (Å²) in [4.78, 5) is 23.5. The molecule has 0 aromatic heterocycles. The van der Waals surface area contributed by atoms with E-state index in [1.54, 1.807) is 0 Å². The van der Waals surface area contributed by atoms with Crippen molar-refractivity contribution in [1.29, 1.82) is 0 Å². The molecule has 0 heterocycles. The summed E-state index contributed by atoms with van der Waals surface area (Å²) < 4.78 is 0. The zero-order valence-corrected chi connectivity index (χ0v) is 19.4. The summed E-state index contributed by atoms with van der Waals surface area (Å²) in [5.41, 5.74) is 5.43. The van der Waals surface area contributed by atoms with Gasteiger partial charge < -0.3 is 21.5 Å². The summed E-state index contributed by atoms with van der Waals surface area (Å²) in [5.74, 6) is -0.984. The Morgan fingerprint density at radius 1 is 0.862 bits per heavy atom. The molecular formula is C22H45N3O3S. The quantitative estimate of drug-likeness (QED) is 0.140. The standard InChI is InChI=1S/C22H45N3O3S/c1-2-3-4-5-6-7-8-9-10-11-12-13-17-24-20(18-29)21(26)25-19(22(27)28)15-14-16-23/h19-20,24,29H,2-18,23H2,1H3,(H,25,26)(H,27,28)/t19-,20-/m0/s1. The van der Waals surface area contributed by atoms with Crippen LogP contribution in [-0.2, 0) is 9.59 Å². The van der Waals surface area contributed by atoms with Gasteiger partial charge in [0.25, 0.3) is 0 Å². The Bertz CT molecular complexity index is 411. The van der Waals surface area contributed by atoms with E-state index in [9.17, 15) is 14.7 Å². The van der Waals surface area contributed by atoms with Crippen LogP contribution in [0.25, 0.3) is 0 Å². The van der Waals surface area contributed by atoms with E-state index in [1.165, 1.54) is 64.2 Å². The third-order valence-corrected chi connectivity index (χ3v) is 5.60. The number of carbonyl (C=O) groups is 2. The van der Waals surface area contributed by atoms with Crippen molar-refractivity contribution in [1.82, 2.24) is 10.6 Å². The molecule has 0 fully saturated rings. The second-order valence-electron chi connectivity index (χ2n) is 7.91. The van der Waals surface area contributed by atoms with Crippen LogP contribution in [0.5, 0.6) is 0 Å². The number of thiol groups is 1. The Morgan fingerprint density at radius 3 is 1.83 bits per heavy atom. The summed E-state index contributed by atoms with van der Waals surface area (Å²) in [6, 6.07) is -1.35. The molecule has 0 aliphatic rings. The minimum absolute atomic E-state index is 0.302. The molecule has 2 atom stereocenters. The average Bonchev–Trinajstić information content (AvgIpc) is 2.71. The van der Waals surface area contributed by atoms with Crippen LogP contribution in [0, 0.1) is 0 Å². The first kappa shape index (κ1) is 28.2. The van der Waals surface area contributed by atoms with Crippen molar-refractivity contribution < 1.29 is 14.7 Å². The minimum atomic E-state index is -1.02. The Kier molecular flexibility index (Phi) is 19.9. The second-order valence-corrected chi connectivity index (χ2v) is 8.27. The number of nitrogens with two attached hydrogens (primary N) is 1. The number of aliphatic carboxylic acids is 1. The molecule has 29 heavy (non-hydrogen) atoms. The van der Waals surface area contributed by atoms with E-state index in [1.807, 2.05) is 0 Å². The Labute approximate surface area is 183 Å². The summed E-state index contributed by atoms with van der Waals surface area (Å²) in [6.07, 6.45) is 16.5. The van der Waals surface area contributed by atoms with E-state index in [2.05, 4.69) is 30.2 Å². The van der Waals surface area contributed by atoms with Gasteiger partial charge in [0.2, 0.25) is 5.91 Å². The van der Waals surface area contributed by atoms with Crippen LogP contribution >= 0.6 is 12.6 Å². The highest BCUT2D eigenvalue weighted by Crippen LogP contribution is 2.11. The second kappa shape index (κ2) is 20.5. The fourth-order valence-corrected chi connectivity index (χ4v) is 3.63. The fourth-order valence-electron chi connectivity index (χ4n) is 3.33. The van der Waals surface area contributed by atoms with Gasteiger partial charge >= 0.3 is 5.97 Å². The lowest BCUT2D eigenvalue weighted by atomic mass is 10.1. The lowest BCUT2D eigenvalue weighted by Gasteiger charge is -2.20. The van der Waals surface area contributed by atoms with Gasteiger partial charge in [-0.2, -0.15) is 12.6 Å². The van der Waals surface area contributed by atoms with Gasteiger partial charge in [0.15, 0.2) is 0 Å². The van der Waals surface area contributed by atoms with E-state index < -0.39 is 18.1 Å². The zero-order valence-electron chi connectivity index (χ0n) is 18.5. The van der Waals surface area contributed by atoms with E-state index >= 15 is 0 Å². The largest absolute Gasteiger partial charge is 0.480 e. The first-order valence-corrected chi connectivity index (χ1v) is 12.3. The minimum Gasteiger partial charge on any atom is -0.480 e. The monoisotopic (exact) mass is 431 g/mol. The molecule has 7 heteroatoms. The molecule has 0 saturated carbocycles. The number of carboxylic acid groups (broad SMARTS) is 1. The molecule has 0 aromatic carbocycles. The van der Waals surface area contributed by atoms with Gasteiger partial charge in [-0.25, -0.2) is 4.79 Å². The molecule has 0 unspecified atom stereocenters. The van der Waals surface area contributed by atoms with Crippen molar-refractivity contribution in [2.24, 2.45) is 5.73 Å². The predicted molar refractivity (Wildman–Crippen MR) is 125 cm³/mol. The van der Waals surface area contributed by atoms with Crippen LogP contribution in [0.3, 0.4) is 0 Å². The molecule has 0 aliphatic carbocycles. The maximum Gasteiger partial charge on any atom is 0.326 e. The molecule has 0 bridgehead atoms. The Morgan fingerprint density at radius 2 is 1.38 bits per heavy atom. The van der Waals surface area contributed by atoms with E-state index in [4.69, 9.17) is 5.73 Å². The van der Waals surface area contributed by atoms with Crippen molar-refractivity contribution in [2.45, 2.75) is 109 Å². The molecule has 1 amide bonds. The van der Waals surface area contributed by atoms with Crippen molar-refractivity contribution in [2.75, 3.05) is 18.8 Å². The number of nitrogens with one attached hydrogen (secondary N) is 2. The maximum atomic E-state index is 12.3. The molecule has 0 spiro atoms. The van der Waals surface area contributed by atoms with Gasteiger partial charge in [0, 0.05) is 5.75 Å². The number of hydrogen-bond donors (Lipinski definition) is 5. The van der Waals surface area contributed by atoms with Crippen LogP contribution in [0.2, 0.25) is 0 Å². The highest BCUT2D eigenvalue weighted by Gasteiger charge is 2.23. The number of carboxylic acids is 1. The molecule has 0 radical (unpaired) electrons. The summed E-state index contributed by atoms with van der Waals surface area (Å²) >= 11 is 4.23. The van der Waals surface area contributed by atoms with Crippen molar-refractivity contribution in [3.05, 3.63) is 0 Å². The number of amides is 1. The Balaban J connectivity index is 3.74. The lowest BCUT2D eigenvalue weighted by molar-refractivity contribution is -0.142. The molecule has 0 saturated heterocycles. The van der Waals surface area contributed by atoms with Gasteiger partial charge in [0.05, 0.1) is 6.04 Å². The Hall–Kier alpha value is -0.790. The van der Waals surface area contributed by atoms with Crippen molar-refractivity contribution in [3.63, 3.8) is 0 Å². The van der Waals surface area contributed by atoms with Crippen LogP contribution in [0.4, 0.5) is 0 Å². The maximum absolute atomic E-state index is 12.3. The number of carbonyl (C=O) groups excluding carboxylic acids is 1. The van der Waals surface area contributed by atoms with Crippen molar-refractivity contribution >= 4 is 24.5 Å². The highest BCUT2D eigenvalue weighted by molar-refractivity contribution is 7.80. The summed E-state index contributed by atoms with van der Waals surface area (Å²) in [5, 5.41) is 15.0. The highest BCUT2D eigenvalue weighted by atomic mass is 32.1. The van der Waals surface area contributed by atoms with Gasteiger partial charge in [0.1, 0.15) is 6.04 Å². The molecule has 6 nitrogen and oxygen atoms in total. The molecule has 0 aromatic rings. The summed E-state index contributed by atoms with van der Waals surface area (Å²) in [7, 11) is 0. The van der Waals surface area contributed by atoms with E-state index in [0.717, 1.165) is 19.4 Å². The average molecular weight is 432 g/mol. The van der Waals surface area contributed by atoms with E-state index in [0.29, 0.717) is 25.1 Å². The van der Waals surface area contributed by atoms with E-state index in [-0.39, 0.29) is 5.91 Å². The predicted octanol–water partition coefficient (Wildman–Crippen LogP) is 3.88. The van der Waals surface area contributed by atoms with Gasteiger partial charge in [-0.3, -0.25) is 4.79 Å². The van der Waals surface area contributed by atoms with Crippen LogP contribution in [0.1, 0.15) is 96.8 Å². The van der Waals surface area contributed by atoms with Gasteiger partial charge in [-0.05, 0) is 32.4 Å². The molecular weight excluding hydrogens is 386 g/mol. The first-order valence-electron chi connectivity index (χ1n) is 11.6. The molecule has 5 N–H and O–H groups in total. The molecule has 0 rings (SSSR count). The van der Waals surface area contributed by atoms with Crippen LogP contribution in [0.15, 0.2) is 0 Å². The molecule has 0 aliphatic heterocycles. The lowest BCUT2D eigenvalue weighted by Crippen LogP contribution is -2.51. The first-order chi connectivity index (χ1) is 14.1. The van der Waals surface area contributed by atoms with Crippen molar-refractivity contribution in [3.8, 4) is 0 Å². The van der Waals surface area contributed by atoms with Gasteiger partial charge in [-0.1, -0.05) is 77.6 Å². The van der Waals surface area contributed by atoms with Gasteiger partial charge in [-0.15, -0.1) is 0 Å². The third kappa shape index (κ3) is 16.7. The topological polar surface area (TPSA) is 104 Å². The number of rotatable bonds is 21. The van der Waals surface area contributed by atoms with Crippen LogP contribution < -0.4 is 16.4 Å². The normalized spacial score (nSPS) is 13.2. The summed E-state index contributed by atoms with van der Waals surface area (Å²) in [6.45, 7) is 3.41. The third-order valence-electron chi connectivity index (χ3n) is 5.23. The number of hydrogen-bond acceptors (Lipinski definition) is 5. The van der Waals surface area contributed by atoms with Crippen LogP contribution in [-0.4, -0.2) is 47.9 Å². The molecule has 172 valence electrons. The zero-order chi connectivity index (χ0) is 21.7. The fraction of sp³-hybridized carbons (Fsp3) is 0.909.